The molecule has 0 aromatic heterocycles. The number of nitrogens with one attached hydrogen (secondary N) is 2. The molecule has 0 spiro atoms. The number of hydrogen-bond acceptors (Lipinski definition) is 5. The van der Waals surface area contributed by atoms with Crippen LogP contribution >= 0.6 is 0 Å². The normalized spacial score (nSPS) is 12.4. The van der Waals surface area contributed by atoms with Gasteiger partial charge in [-0.25, -0.2) is 26.3 Å². The summed E-state index contributed by atoms with van der Waals surface area (Å²) in [4.78, 5) is 0. The summed E-state index contributed by atoms with van der Waals surface area (Å²) in [7, 11) is -6.72. The number of hydrogen-bond donors (Lipinski definition) is 3. The Morgan fingerprint density at radius 3 is 2.25 bits per heavy atom. The molecule has 4 N–H and O–H groups in total. The molecular weight excluding hydrogens is 302 g/mol. The van der Waals surface area contributed by atoms with E-state index in [9.17, 15) is 16.8 Å². The van der Waals surface area contributed by atoms with Gasteiger partial charge < -0.3 is 5.73 Å². The minimum atomic E-state index is -3.48. The molecule has 0 atom stereocenters. The third-order valence-corrected chi connectivity index (χ3v) is 4.50. The lowest BCUT2D eigenvalue weighted by molar-refractivity contribution is 0.574. The van der Waals surface area contributed by atoms with Gasteiger partial charge in [0.25, 0.3) is 0 Å². The first-order chi connectivity index (χ1) is 9.20. The van der Waals surface area contributed by atoms with Crippen LogP contribution in [0.1, 0.15) is 12.0 Å². The van der Waals surface area contributed by atoms with Crippen LogP contribution in [0.15, 0.2) is 24.3 Å². The van der Waals surface area contributed by atoms with Gasteiger partial charge in [0.15, 0.2) is 0 Å². The average molecular weight is 321 g/mol. The molecule has 1 aromatic rings. The molecule has 0 fully saturated rings. The van der Waals surface area contributed by atoms with Crippen LogP contribution in [0.5, 0.6) is 0 Å². The summed E-state index contributed by atoms with van der Waals surface area (Å²) < 4.78 is 49.9. The van der Waals surface area contributed by atoms with Gasteiger partial charge in [0.05, 0.1) is 12.0 Å². The molecule has 0 aliphatic heterocycles. The van der Waals surface area contributed by atoms with Gasteiger partial charge in [-0.05, 0) is 18.1 Å². The fourth-order valence-corrected chi connectivity index (χ4v) is 3.24. The summed E-state index contributed by atoms with van der Waals surface area (Å²) in [6.45, 7) is 0.354. The van der Waals surface area contributed by atoms with E-state index in [0.717, 1.165) is 6.26 Å². The number of nitrogen functional groups attached to an aromatic ring is 1. The summed E-state index contributed by atoms with van der Waals surface area (Å²) in [5, 5.41) is 0. The summed E-state index contributed by atoms with van der Waals surface area (Å²) in [5.74, 6) is -0.195. The molecule has 0 aliphatic carbocycles. The van der Waals surface area contributed by atoms with Crippen LogP contribution in [0.3, 0.4) is 0 Å². The molecule has 20 heavy (non-hydrogen) atoms. The zero-order valence-electron chi connectivity index (χ0n) is 11.2. The van der Waals surface area contributed by atoms with Crippen molar-refractivity contribution in [1.82, 2.24) is 9.44 Å². The fraction of sp³-hybridized carbons (Fsp3) is 0.455. The predicted molar refractivity (Wildman–Crippen MR) is 78.9 cm³/mol. The average Bonchev–Trinajstić information content (AvgIpc) is 2.30. The maximum atomic E-state index is 11.8. The van der Waals surface area contributed by atoms with Crippen molar-refractivity contribution in [3.05, 3.63) is 29.8 Å². The predicted octanol–water partition coefficient (Wildman–Crippen LogP) is -0.372. The summed E-state index contributed by atoms with van der Waals surface area (Å²) in [6.07, 6.45) is 1.42. The highest BCUT2D eigenvalue weighted by Crippen LogP contribution is 2.13. The molecule has 1 aromatic carbocycles. The second-order valence-electron chi connectivity index (χ2n) is 4.37. The lowest BCUT2D eigenvalue weighted by Crippen LogP contribution is -2.30. The van der Waals surface area contributed by atoms with Gasteiger partial charge in [0, 0.05) is 18.8 Å². The highest BCUT2D eigenvalue weighted by atomic mass is 32.2. The molecule has 7 nitrogen and oxygen atoms in total. The van der Waals surface area contributed by atoms with Crippen molar-refractivity contribution in [1.29, 1.82) is 0 Å². The van der Waals surface area contributed by atoms with E-state index in [1.807, 2.05) is 0 Å². The Bertz CT molecular complexity index is 641. The maximum Gasteiger partial charge on any atom is 0.215 e. The Hall–Kier alpha value is -1.16. The van der Waals surface area contributed by atoms with Crippen molar-refractivity contribution in [3.8, 4) is 0 Å². The second-order valence-corrected chi connectivity index (χ2v) is 8.01. The molecule has 0 amide bonds. The highest BCUT2D eigenvalue weighted by Gasteiger charge is 2.12. The van der Waals surface area contributed by atoms with Crippen LogP contribution in [-0.4, -0.2) is 36.2 Å². The van der Waals surface area contributed by atoms with Crippen molar-refractivity contribution >= 4 is 25.7 Å². The SMILES string of the molecule is CS(=O)(=O)NCCCNS(=O)(=O)Cc1ccccc1N. The molecule has 0 saturated heterocycles. The van der Waals surface area contributed by atoms with Gasteiger partial charge in [0.1, 0.15) is 0 Å². The minimum Gasteiger partial charge on any atom is -0.398 e. The topological polar surface area (TPSA) is 118 Å². The van der Waals surface area contributed by atoms with Gasteiger partial charge in [0.2, 0.25) is 20.0 Å². The van der Waals surface area contributed by atoms with E-state index < -0.39 is 20.0 Å². The van der Waals surface area contributed by atoms with E-state index in [1.165, 1.54) is 0 Å². The zero-order chi connectivity index (χ0) is 15.2. The number of nitrogens with two attached hydrogens (primary N) is 1. The van der Waals surface area contributed by atoms with E-state index in [4.69, 9.17) is 5.73 Å². The van der Waals surface area contributed by atoms with E-state index in [-0.39, 0.29) is 18.8 Å². The molecular formula is C11H19N3O4S2. The summed E-state index contributed by atoms with van der Waals surface area (Å²) in [6, 6.07) is 6.74. The molecule has 0 bridgehead atoms. The van der Waals surface area contributed by atoms with Crippen LogP contribution in [-0.2, 0) is 25.8 Å². The molecule has 1 rings (SSSR count). The number of para-hydroxylation sites is 1. The molecule has 0 saturated carbocycles. The molecule has 0 unspecified atom stereocenters. The van der Waals surface area contributed by atoms with E-state index >= 15 is 0 Å². The number of anilines is 1. The molecule has 0 aliphatic rings. The third-order valence-electron chi connectivity index (χ3n) is 2.44. The van der Waals surface area contributed by atoms with Crippen LogP contribution in [0.4, 0.5) is 5.69 Å². The minimum absolute atomic E-state index is 0.164. The van der Waals surface area contributed by atoms with Crippen LogP contribution in [0, 0.1) is 0 Å². The maximum absolute atomic E-state index is 11.8. The van der Waals surface area contributed by atoms with Crippen molar-refractivity contribution in [2.75, 3.05) is 25.1 Å². The van der Waals surface area contributed by atoms with Crippen LogP contribution in [0.25, 0.3) is 0 Å². The van der Waals surface area contributed by atoms with Crippen molar-refractivity contribution < 1.29 is 16.8 Å². The smallest absolute Gasteiger partial charge is 0.215 e. The highest BCUT2D eigenvalue weighted by molar-refractivity contribution is 7.89. The third kappa shape index (κ3) is 6.85. The first kappa shape index (κ1) is 16.9. The first-order valence-corrected chi connectivity index (χ1v) is 9.49. The van der Waals surface area contributed by atoms with E-state index in [0.29, 0.717) is 17.7 Å². The monoisotopic (exact) mass is 321 g/mol. The largest absolute Gasteiger partial charge is 0.398 e. The van der Waals surface area contributed by atoms with Crippen LogP contribution in [0.2, 0.25) is 0 Å². The Labute approximate surface area is 119 Å². The number of benzene rings is 1. The van der Waals surface area contributed by atoms with Gasteiger partial charge in [-0.2, -0.15) is 0 Å². The summed E-state index contributed by atoms with van der Waals surface area (Å²) >= 11 is 0. The fourth-order valence-electron chi connectivity index (χ4n) is 1.50. The number of sulfonamides is 2. The van der Waals surface area contributed by atoms with Gasteiger partial charge >= 0.3 is 0 Å². The van der Waals surface area contributed by atoms with Crippen LogP contribution < -0.4 is 15.2 Å². The standard InChI is InChI=1S/C11H19N3O4S2/c1-19(15,16)13-7-4-8-14-20(17,18)9-10-5-2-3-6-11(10)12/h2-3,5-6,13-14H,4,7-9,12H2,1H3. The Kier molecular flexibility index (Phi) is 5.93. The van der Waals surface area contributed by atoms with Crippen molar-refractivity contribution in [2.45, 2.75) is 12.2 Å². The first-order valence-electron chi connectivity index (χ1n) is 5.95. The van der Waals surface area contributed by atoms with Gasteiger partial charge in [-0.15, -0.1) is 0 Å². The van der Waals surface area contributed by atoms with E-state index in [1.54, 1.807) is 24.3 Å². The number of rotatable bonds is 8. The van der Waals surface area contributed by atoms with Crippen molar-refractivity contribution in [2.24, 2.45) is 0 Å². The zero-order valence-corrected chi connectivity index (χ0v) is 12.8. The second kappa shape index (κ2) is 7.02. The molecule has 9 heteroatoms. The summed E-state index contributed by atoms with van der Waals surface area (Å²) in [5.41, 5.74) is 6.65. The van der Waals surface area contributed by atoms with Gasteiger partial charge in [-0.1, -0.05) is 18.2 Å². The van der Waals surface area contributed by atoms with E-state index in [2.05, 4.69) is 9.44 Å². The van der Waals surface area contributed by atoms with Crippen molar-refractivity contribution in [3.63, 3.8) is 0 Å². The van der Waals surface area contributed by atoms with Gasteiger partial charge in [-0.3, -0.25) is 0 Å². The Morgan fingerprint density at radius 1 is 1.05 bits per heavy atom. The molecule has 0 radical (unpaired) electrons. The quantitative estimate of drug-likeness (QED) is 0.446. The lowest BCUT2D eigenvalue weighted by Gasteiger charge is -2.08. The lowest BCUT2D eigenvalue weighted by atomic mass is 10.2. The molecule has 0 heterocycles. The Balaban J connectivity index is 2.41. The Morgan fingerprint density at radius 2 is 1.65 bits per heavy atom. The molecule has 114 valence electrons.